The number of carbonyl (C=O) groups is 1. The lowest BCUT2D eigenvalue weighted by Gasteiger charge is -2.18. The Balaban J connectivity index is 2.18. The van der Waals surface area contributed by atoms with Crippen LogP contribution >= 0.6 is 0 Å². The fourth-order valence-corrected chi connectivity index (χ4v) is 3.89. The quantitative estimate of drug-likeness (QED) is 0.921. The second kappa shape index (κ2) is 5.97. The molecule has 1 aliphatic rings. The van der Waals surface area contributed by atoms with Gasteiger partial charge >= 0.3 is 5.97 Å². The summed E-state index contributed by atoms with van der Waals surface area (Å²) in [6, 6.07) is 2.38. The van der Waals surface area contributed by atoms with Crippen molar-refractivity contribution in [3.63, 3.8) is 0 Å². The molecule has 1 aromatic heterocycles. The van der Waals surface area contributed by atoms with Crippen molar-refractivity contribution in [3.05, 3.63) is 17.9 Å². The molecule has 1 fully saturated rings. The van der Waals surface area contributed by atoms with Crippen LogP contribution in [-0.4, -0.2) is 36.9 Å². The maximum absolute atomic E-state index is 12.4. The normalized spacial score (nSPS) is 21.6. The van der Waals surface area contributed by atoms with Crippen LogP contribution in [0.1, 0.15) is 43.2 Å². The van der Waals surface area contributed by atoms with Crippen LogP contribution in [0.15, 0.2) is 21.6 Å². The summed E-state index contributed by atoms with van der Waals surface area (Å²) in [7, 11) is -3.73. The number of hydrogen-bond acceptors (Lipinski definition) is 4. The number of carboxylic acid groups (broad SMARTS) is 1. The van der Waals surface area contributed by atoms with E-state index in [0.717, 1.165) is 25.7 Å². The molecule has 0 radical (unpaired) electrons. The molecule has 1 N–H and O–H groups in total. The number of rotatable bonds is 4. The summed E-state index contributed by atoms with van der Waals surface area (Å²) in [5.74, 6) is -1.07. The number of carboxylic acids is 1. The summed E-state index contributed by atoms with van der Waals surface area (Å²) in [5, 5.41) is 8.50. The minimum atomic E-state index is -3.73. The zero-order valence-corrected chi connectivity index (χ0v) is 12.2. The number of sulfonamides is 1. The Morgan fingerprint density at radius 2 is 2.15 bits per heavy atom. The van der Waals surface area contributed by atoms with E-state index in [1.807, 2.05) is 0 Å². The highest BCUT2D eigenvalue weighted by atomic mass is 32.2. The molecule has 0 spiro atoms. The molecule has 2 rings (SSSR count). The Kier molecular flexibility index (Phi) is 4.49. The van der Waals surface area contributed by atoms with Gasteiger partial charge in [-0.15, -0.1) is 0 Å². The zero-order chi connectivity index (χ0) is 14.8. The summed E-state index contributed by atoms with van der Waals surface area (Å²) in [4.78, 5) is 10.8. The fourth-order valence-electron chi connectivity index (χ4n) is 2.49. The third-order valence-electron chi connectivity index (χ3n) is 3.77. The molecular formula is C13H19NO5S. The van der Waals surface area contributed by atoms with Crippen LogP contribution in [0, 0.1) is 5.92 Å². The first kappa shape index (κ1) is 15.1. The van der Waals surface area contributed by atoms with Gasteiger partial charge in [-0.1, -0.05) is 13.3 Å². The Morgan fingerprint density at radius 1 is 1.40 bits per heavy atom. The van der Waals surface area contributed by atoms with Gasteiger partial charge in [-0.2, -0.15) is 4.31 Å². The smallest absolute Gasteiger partial charge is 0.371 e. The van der Waals surface area contributed by atoms with E-state index in [4.69, 9.17) is 9.52 Å². The van der Waals surface area contributed by atoms with E-state index in [1.165, 1.54) is 16.4 Å². The predicted molar refractivity (Wildman–Crippen MR) is 72.1 cm³/mol. The summed E-state index contributed by atoms with van der Waals surface area (Å²) in [6.45, 7) is 3.03. The molecule has 0 aromatic carbocycles. The van der Waals surface area contributed by atoms with Crippen molar-refractivity contribution in [2.75, 3.05) is 13.1 Å². The molecule has 0 saturated carbocycles. The van der Waals surface area contributed by atoms with Crippen LogP contribution in [0.5, 0.6) is 0 Å². The van der Waals surface area contributed by atoms with E-state index >= 15 is 0 Å². The molecule has 112 valence electrons. The van der Waals surface area contributed by atoms with Crippen molar-refractivity contribution in [1.82, 2.24) is 4.31 Å². The monoisotopic (exact) mass is 301 g/mol. The van der Waals surface area contributed by atoms with Gasteiger partial charge in [0, 0.05) is 13.1 Å². The summed E-state index contributed by atoms with van der Waals surface area (Å²) < 4.78 is 31.1. The first-order valence-corrected chi connectivity index (χ1v) is 8.22. The second-order valence-electron chi connectivity index (χ2n) is 5.03. The van der Waals surface area contributed by atoms with Gasteiger partial charge in [0.1, 0.15) is 0 Å². The van der Waals surface area contributed by atoms with Gasteiger partial charge in [0.15, 0.2) is 0 Å². The number of furan rings is 1. The van der Waals surface area contributed by atoms with Gasteiger partial charge in [0.05, 0.1) is 0 Å². The van der Waals surface area contributed by atoms with Crippen LogP contribution in [0.3, 0.4) is 0 Å². The third-order valence-corrected chi connectivity index (χ3v) is 5.54. The van der Waals surface area contributed by atoms with Gasteiger partial charge in [-0.25, -0.2) is 13.2 Å². The average Bonchev–Trinajstić information content (AvgIpc) is 2.78. The summed E-state index contributed by atoms with van der Waals surface area (Å²) in [5.41, 5.74) is 0. The van der Waals surface area contributed by atoms with E-state index in [0.29, 0.717) is 19.0 Å². The maximum atomic E-state index is 12.4. The molecule has 0 aliphatic carbocycles. The van der Waals surface area contributed by atoms with Crippen LogP contribution < -0.4 is 0 Å². The van der Waals surface area contributed by atoms with Crippen molar-refractivity contribution in [1.29, 1.82) is 0 Å². The topological polar surface area (TPSA) is 87.8 Å². The van der Waals surface area contributed by atoms with Gasteiger partial charge in [0.2, 0.25) is 10.9 Å². The van der Waals surface area contributed by atoms with E-state index < -0.39 is 16.0 Å². The standard InChI is InChI=1S/C13H19NO5S/c1-2-10-4-3-8-14(9-7-10)20(17,18)12-6-5-11(19-12)13(15)16/h5-6,10H,2-4,7-9H2,1H3,(H,15,16). The fraction of sp³-hybridized carbons (Fsp3) is 0.615. The van der Waals surface area contributed by atoms with Gasteiger partial charge in [-0.05, 0) is 37.3 Å². The molecule has 1 atom stereocenters. The van der Waals surface area contributed by atoms with Crippen molar-refractivity contribution in [2.24, 2.45) is 5.92 Å². The third kappa shape index (κ3) is 3.04. The maximum Gasteiger partial charge on any atom is 0.371 e. The largest absolute Gasteiger partial charge is 0.475 e. The van der Waals surface area contributed by atoms with Gasteiger partial charge in [-0.3, -0.25) is 0 Å². The predicted octanol–water partition coefficient (Wildman–Crippen LogP) is 2.18. The lowest BCUT2D eigenvalue weighted by Crippen LogP contribution is -2.31. The first-order valence-electron chi connectivity index (χ1n) is 6.78. The lowest BCUT2D eigenvalue weighted by molar-refractivity contribution is 0.0656. The molecule has 1 saturated heterocycles. The van der Waals surface area contributed by atoms with E-state index in [1.54, 1.807) is 0 Å². The molecule has 6 nitrogen and oxygen atoms in total. The van der Waals surface area contributed by atoms with Crippen LogP contribution in [0.4, 0.5) is 0 Å². The summed E-state index contributed by atoms with van der Waals surface area (Å²) >= 11 is 0. The van der Waals surface area contributed by atoms with E-state index in [2.05, 4.69) is 6.92 Å². The molecule has 1 aliphatic heterocycles. The lowest BCUT2D eigenvalue weighted by atomic mass is 9.98. The molecule has 1 aromatic rings. The Bertz CT molecular complexity index is 577. The van der Waals surface area contributed by atoms with Gasteiger partial charge in [0.25, 0.3) is 10.0 Å². The Hall–Kier alpha value is -1.34. The molecule has 20 heavy (non-hydrogen) atoms. The molecule has 7 heteroatoms. The SMILES string of the molecule is CCC1CCCN(S(=O)(=O)c2ccc(C(=O)O)o2)CC1. The number of nitrogens with zero attached hydrogens (tertiary/aromatic N) is 1. The van der Waals surface area contributed by atoms with Crippen molar-refractivity contribution < 1.29 is 22.7 Å². The summed E-state index contributed by atoms with van der Waals surface area (Å²) in [6.07, 6.45) is 3.74. The first-order chi connectivity index (χ1) is 9.45. The second-order valence-corrected chi connectivity index (χ2v) is 6.90. The van der Waals surface area contributed by atoms with Gasteiger partial charge < -0.3 is 9.52 Å². The highest BCUT2D eigenvalue weighted by Crippen LogP contribution is 2.25. The molecule has 0 bridgehead atoms. The van der Waals surface area contributed by atoms with Crippen molar-refractivity contribution in [2.45, 2.75) is 37.7 Å². The van der Waals surface area contributed by atoms with Crippen molar-refractivity contribution in [3.8, 4) is 0 Å². The molecular weight excluding hydrogens is 282 g/mol. The van der Waals surface area contributed by atoms with Crippen LogP contribution in [0.25, 0.3) is 0 Å². The minimum absolute atomic E-state index is 0.287. The Labute approximate surface area is 118 Å². The average molecular weight is 301 g/mol. The highest BCUT2D eigenvalue weighted by Gasteiger charge is 2.30. The molecule has 0 amide bonds. The zero-order valence-electron chi connectivity index (χ0n) is 11.4. The number of aromatic carboxylic acids is 1. The molecule has 2 heterocycles. The number of hydrogen-bond donors (Lipinski definition) is 1. The van der Waals surface area contributed by atoms with Crippen molar-refractivity contribution >= 4 is 16.0 Å². The van der Waals surface area contributed by atoms with Crippen LogP contribution in [0.2, 0.25) is 0 Å². The van der Waals surface area contributed by atoms with E-state index in [9.17, 15) is 13.2 Å². The van der Waals surface area contributed by atoms with E-state index in [-0.39, 0.29) is 10.9 Å². The minimum Gasteiger partial charge on any atom is -0.475 e. The highest BCUT2D eigenvalue weighted by molar-refractivity contribution is 7.89. The Morgan fingerprint density at radius 3 is 2.75 bits per heavy atom. The molecule has 1 unspecified atom stereocenters. The van der Waals surface area contributed by atoms with Crippen LogP contribution in [-0.2, 0) is 10.0 Å².